The van der Waals surface area contributed by atoms with Gasteiger partial charge in [-0.3, -0.25) is 0 Å². The van der Waals surface area contributed by atoms with Gasteiger partial charge in [-0.15, -0.1) is 11.3 Å². The summed E-state index contributed by atoms with van der Waals surface area (Å²) in [6, 6.07) is 64.2. The quantitative estimate of drug-likeness (QED) is 0.183. The zero-order valence-corrected chi connectivity index (χ0v) is 26.9. The van der Waals surface area contributed by atoms with Crippen LogP contribution in [0.4, 0.5) is 17.1 Å². The summed E-state index contributed by atoms with van der Waals surface area (Å²) in [5.41, 5.74) is 13.7. The molecule has 224 valence electrons. The van der Waals surface area contributed by atoms with Gasteiger partial charge in [-0.25, -0.2) is 0 Å². The summed E-state index contributed by atoms with van der Waals surface area (Å²) in [7, 11) is 0. The van der Waals surface area contributed by atoms with E-state index in [0.29, 0.717) is 0 Å². The van der Waals surface area contributed by atoms with Gasteiger partial charge in [0.25, 0.3) is 0 Å². The van der Waals surface area contributed by atoms with Crippen molar-refractivity contribution in [3.63, 3.8) is 0 Å². The van der Waals surface area contributed by atoms with Gasteiger partial charge in [0.15, 0.2) is 0 Å². The molecule has 1 heterocycles. The molecule has 10 rings (SSSR count). The van der Waals surface area contributed by atoms with Crippen LogP contribution in [-0.4, -0.2) is 0 Å². The third-order valence-electron chi connectivity index (χ3n) is 9.81. The molecule has 0 unspecified atom stereocenters. The van der Waals surface area contributed by atoms with Crippen molar-refractivity contribution >= 4 is 59.3 Å². The lowest BCUT2D eigenvalue weighted by molar-refractivity contribution is 1.29. The van der Waals surface area contributed by atoms with Crippen LogP contribution in [-0.2, 0) is 0 Å². The highest BCUT2D eigenvalue weighted by Gasteiger charge is 2.24. The molecule has 9 aromatic rings. The van der Waals surface area contributed by atoms with Crippen LogP contribution in [0.2, 0.25) is 0 Å². The molecule has 8 aromatic carbocycles. The Kier molecular flexibility index (Phi) is 6.12. The second kappa shape index (κ2) is 10.8. The molecule has 0 N–H and O–H groups in total. The summed E-state index contributed by atoms with van der Waals surface area (Å²) in [4.78, 5) is 2.38. The normalized spacial score (nSPS) is 11.8. The summed E-state index contributed by atoms with van der Waals surface area (Å²) < 4.78 is 2.66. The summed E-state index contributed by atoms with van der Waals surface area (Å²) in [5, 5.41) is 5.38. The predicted molar refractivity (Wildman–Crippen MR) is 207 cm³/mol. The molecule has 0 saturated carbocycles. The highest BCUT2D eigenvalue weighted by Crippen LogP contribution is 2.52. The number of anilines is 3. The minimum Gasteiger partial charge on any atom is -0.310 e. The zero-order chi connectivity index (χ0) is 31.6. The van der Waals surface area contributed by atoms with Gasteiger partial charge in [-0.1, -0.05) is 133 Å². The van der Waals surface area contributed by atoms with E-state index in [2.05, 4.69) is 181 Å². The van der Waals surface area contributed by atoms with E-state index in [1.165, 1.54) is 75.5 Å². The number of nitrogens with zero attached hydrogens (tertiary/aromatic N) is 1. The van der Waals surface area contributed by atoms with Crippen LogP contribution in [0.25, 0.3) is 75.5 Å². The third-order valence-corrected chi connectivity index (χ3v) is 11.0. The molecule has 1 nitrogen and oxygen atoms in total. The van der Waals surface area contributed by atoms with Gasteiger partial charge in [0.05, 0.1) is 0 Å². The van der Waals surface area contributed by atoms with Gasteiger partial charge in [-0.05, 0) is 92.4 Å². The molecule has 1 aliphatic carbocycles. The lowest BCUT2D eigenvalue weighted by Crippen LogP contribution is -2.09. The molecule has 0 spiro atoms. The van der Waals surface area contributed by atoms with E-state index in [4.69, 9.17) is 0 Å². The second-order valence-electron chi connectivity index (χ2n) is 12.5. The van der Waals surface area contributed by atoms with Gasteiger partial charge in [-0.2, -0.15) is 0 Å². The molecule has 2 heteroatoms. The van der Waals surface area contributed by atoms with Gasteiger partial charge in [0.1, 0.15) is 0 Å². The maximum atomic E-state index is 2.44. The highest BCUT2D eigenvalue weighted by molar-refractivity contribution is 7.26. The Balaban J connectivity index is 1.13. The van der Waals surface area contributed by atoms with Crippen molar-refractivity contribution in [2.24, 2.45) is 0 Å². The fraction of sp³-hybridized carbons (Fsp3) is 0. The number of benzene rings is 8. The van der Waals surface area contributed by atoms with E-state index in [9.17, 15) is 0 Å². The summed E-state index contributed by atoms with van der Waals surface area (Å²) in [6.45, 7) is 0. The summed E-state index contributed by atoms with van der Waals surface area (Å²) in [5.74, 6) is 0. The fourth-order valence-corrected chi connectivity index (χ4v) is 8.79. The van der Waals surface area contributed by atoms with E-state index in [0.717, 1.165) is 17.1 Å². The molecule has 1 aliphatic rings. The van der Waals surface area contributed by atoms with Crippen LogP contribution in [0, 0.1) is 0 Å². The molecule has 0 saturated heterocycles. The molecule has 0 atom stereocenters. The second-order valence-corrected chi connectivity index (χ2v) is 13.6. The van der Waals surface area contributed by atoms with Crippen molar-refractivity contribution in [2.45, 2.75) is 0 Å². The lowest BCUT2D eigenvalue weighted by Gasteiger charge is -2.26. The first kappa shape index (κ1) is 27.2. The zero-order valence-electron chi connectivity index (χ0n) is 26.1. The Morgan fingerprint density at radius 1 is 0.333 bits per heavy atom. The smallest absolute Gasteiger partial charge is 0.0476 e. The standard InChI is InChI=1S/C46H29NS/c1-3-10-30(11-4-1)32-18-22-34(23-19-32)47(35-24-20-33(21-25-35)31-12-5-2-6-13-31)36-26-27-39-43-29-42-38-15-8-7-14-37(38)40-16-9-17-41(45(40)42)46(43)48-44(39)28-36/h1-29H. The largest absolute Gasteiger partial charge is 0.310 e. The number of rotatable bonds is 5. The van der Waals surface area contributed by atoms with Crippen molar-refractivity contribution in [2.75, 3.05) is 4.90 Å². The van der Waals surface area contributed by atoms with Crippen LogP contribution in [0.1, 0.15) is 0 Å². The fourth-order valence-electron chi connectivity index (χ4n) is 7.54. The summed E-state index contributed by atoms with van der Waals surface area (Å²) >= 11 is 1.91. The van der Waals surface area contributed by atoms with Gasteiger partial charge < -0.3 is 4.90 Å². The molecule has 1 aromatic heterocycles. The molecule has 48 heavy (non-hydrogen) atoms. The monoisotopic (exact) mass is 627 g/mol. The van der Waals surface area contributed by atoms with Crippen LogP contribution in [0.15, 0.2) is 176 Å². The van der Waals surface area contributed by atoms with Crippen molar-refractivity contribution < 1.29 is 0 Å². The lowest BCUT2D eigenvalue weighted by atomic mass is 9.99. The number of thiophene rings is 1. The number of hydrogen-bond acceptors (Lipinski definition) is 2. The Morgan fingerprint density at radius 2 is 0.854 bits per heavy atom. The average Bonchev–Trinajstić information content (AvgIpc) is 3.70. The first-order valence-electron chi connectivity index (χ1n) is 16.4. The predicted octanol–water partition coefficient (Wildman–Crippen LogP) is 13.7. The van der Waals surface area contributed by atoms with Gasteiger partial charge in [0.2, 0.25) is 0 Å². The molecular weight excluding hydrogens is 599 g/mol. The Bertz CT molecular complexity index is 2550. The van der Waals surface area contributed by atoms with Crippen molar-refractivity contribution in [3.05, 3.63) is 176 Å². The van der Waals surface area contributed by atoms with Crippen molar-refractivity contribution in [1.82, 2.24) is 0 Å². The van der Waals surface area contributed by atoms with E-state index in [-0.39, 0.29) is 0 Å². The molecular formula is C46H29NS. The first-order valence-corrected chi connectivity index (χ1v) is 17.2. The van der Waals surface area contributed by atoms with Crippen molar-refractivity contribution in [3.8, 4) is 44.5 Å². The number of hydrogen-bond donors (Lipinski definition) is 0. The maximum Gasteiger partial charge on any atom is 0.0476 e. The molecule has 0 radical (unpaired) electrons. The van der Waals surface area contributed by atoms with Crippen LogP contribution >= 0.6 is 11.3 Å². The average molecular weight is 628 g/mol. The van der Waals surface area contributed by atoms with E-state index in [1.807, 2.05) is 11.3 Å². The molecule has 0 fully saturated rings. The first-order chi connectivity index (χ1) is 23.8. The Morgan fingerprint density at radius 3 is 1.48 bits per heavy atom. The topological polar surface area (TPSA) is 3.24 Å². The molecule has 0 amide bonds. The minimum absolute atomic E-state index is 1.13. The Hall–Kier alpha value is -5.96. The maximum absolute atomic E-state index is 2.44. The molecule has 0 aliphatic heterocycles. The highest BCUT2D eigenvalue weighted by atomic mass is 32.1. The Labute approximate surface area is 283 Å². The minimum atomic E-state index is 1.13. The third kappa shape index (κ3) is 4.24. The van der Waals surface area contributed by atoms with Crippen LogP contribution < -0.4 is 4.90 Å². The number of fused-ring (bicyclic) bond motifs is 7. The van der Waals surface area contributed by atoms with Crippen LogP contribution in [0.3, 0.4) is 0 Å². The molecule has 0 bridgehead atoms. The summed E-state index contributed by atoms with van der Waals surface area (Å²) in [6.07, 6.45) is 0. The van der Waals surface area contributed by atoms with Crippen molar-refractivity contribution in [1.29, 1.82) is 0 Å². The SMILES string of the molecule is c1ccc(-c2ccc(N(c3ccc(-c4ccccc4)cc3)c3ccc4c(c3)sc3c5cccc6c5c(cc43)-c3ccccc3-6)cc2)cc1. The van der Waals surface area contributed by atoms with E-state index < -0.39 is 0 Å². The van der Waals surface area contributed by atoms with Gasteiger partial charge in [0, 0.05) is 42.6 Å². The van der Waals surface area contributed by atoms with E-state index >= 15 is 0 Å². The van der Waals surface area contributed by atoms with Crippen LogP contribution in [0.5, 0.6) is 0 Å². The van der Waals surface area contributed by atoms with E-state index in [1.54, 1.807) is 0 Å². The van der Waals surface area contributed by atoms with Gasteiger partial charge >= 0.3 is 0 Å².